The number of aromatic carboxylic acids is 2. The van der Waals surface area contributed by atoms with Crippen molar-refractivity contribution in [3.8, 4) is 0 Å². The Morgan fingerprint density at radius 1 is 0.600 bits per heavy atom. The standard InChI is InChI=1S/C24H31NO5/c26-22(16-13-17(23(27)28)15-18(14-16)24(29)30)25(19-7-1-2-8-19,20-9-3-4-10-20)21-11-5-6-12-21/h13-15,19-21H,1-12H2,(H-,27,28,29,30)/p+1. The lowest BCUT2D eigenvalue weighted by Gasteiger charge is -2.50. The van der Waals surface area contributed by atoms with Crippen LogP contribution in [-0.4, -0.2) is 50.7 Å². The van der Waals surface area contributed by atoms with Gasteiger partial charge in [0, 0.05) is 0 Å². The van der Waals surface area contributed by atoms with Crippen LogP contribution in [0.15, 0.2) is 18.2 Å². The van der Waals surface area contributed by atoms with Crippen molar-refractivity contribution in [1.29, 1.82) is 0 Å². The number of carbonyl (C=O) groups excluding carboxylic acids is 1. The number of nitrogens with zero attached hydrogens (tertiary/aromatic N) is 1. The first-order valence-corrected chi connectivity index (χ1v) is 11.5. The van der Waals surface area contributed by atoms with Gasteiger partial charge < -0.3 is 10.2 Å². The van der Waals surface area contributed by atoms with E-state index in [0.29, 0.717) is 4.48 Å². The van der Waals surface area contributed by atoms with Crippen LogP contribution in [0.25, 0.3) is 0 Å². The van der Waals surface area contributed by atoms with Crippen LogP contribution in [-0.2, 0) is 0 Å². The Morgan fingerprint density at radius 2 is 0.900 bits per heavy atom. The summed E-state index contributed by atoms with van der Waals surface area (Å²) in [5.41, 5.74) is 0.0132. The van der Waals surface area contributed by atoms with Gasteiger partial charge in [-0.3, -0.25) is 0 Å². The molecule has 0 radical (unpaired) electrons. The molecule has 0 saturated heterocycles. The minimum Gasteiger partial charge on any atom is -0.478 e. The maximum Gasteiger partial charge on any atom is 0.346 e. The summed E-state index contributed by atoms with van der Waals surface area (Å²) < 4.78 is 0.447. The van der Waals surface area contributed by atoms with Crippen molar-refractivity contribution in [2.75, 3.05) is 0 Å². The number of carboxylic acid groups (broad SMARTS) is 2. The predicted molar refractivity (Wildman–Crippen MR) is 112 cm³/mol. The Bertz CT molecular complexity index is 757. The fourth-order valence-electron chi connectivity index (χ4n) is 6.61. The maximum atomic E-state index is 14.4. The lowest BCUT2D eigenvalue weighted by atomic mass is 9.93. The molecule has 30 heavy (non-hydrogen) atoms. The van der Waals surface area contributed by atoms with Crippen LogP contribution in [0.4, 0.5) is 0 Å². The minimum absolute atomic E-state index is 0.0358. The summed E-state index contributed by atoms with van der Waals surface area (Å²) in [5, 5.41) is 19.1. The molecule has 0 unspecified atom stereocenters. The zero-order chi connectivity index (χ0) is 21.3. The number of amides is 1. The van der Waals surface area contributed by atoms with Crippen molar-refractivity contribution >= 4 is 17.8 Å². The SMILES string of the molecule is O=C(O)c1cc(C(=O)O)cc(C(=O)[N+](C2CCCC2)(C2CCCC2)C2CCCC2)c1. The second-order valence-electron chi connectivity index (χ2n) is 9.36. The third kappa shape index (κ3) is 3.55. The molecule has 3 aliphatic carbocycles. The van der Waals surface area contributed by atoms with E-state index in [2.05, 4.69) is 0 Å². The summed E-state index contributed by atoms with van der Waals surface area (Å²) in [4.78, 5) is 37.7. The van der Waals surface area contributed by atoms with Crippen molar-refractivity contribution in [1.82, 2.24) is 0 Å². The lowest BCUT2D eigenvalue weighted by molar-refractivity contribution is -0.920. The molecule has 0 atom stereocenters. The average molecular weight is 415 g/mol. The van der Waals surface area contributed by atoms with Gasteiger partial charge >= 0.3 is 17.8 Å². The van der Waals surface area contributed by atoms with E-state index in [4.69, 9.17) is 0 Å². The first-order valence-electron chi connectivity index (χ1n) is 11.5. The minimum atomic E-state index is -1.20. The van der Waals surface area contributed by atoms with Crippen molar-refractivity contribution in [3.05, 3.63) is 34.9 Å². The van der Waals surface area contributed by atoms with E-state index in [1.807, 2.05) is 0 Å². The van der Waals surface area contributed by atoms with Gasteiger partial charge in [0.15, 0.2) is 0 Å². The second-order valence-corrected chi connectivity index (χ2v) is 9.36. The van der Waals surface area contributed by atoms with E-state index in [1.165, 1.54) is 12.1 Å². The largest absolute Gasteiger partial charge is 0.478 e. The number of carboxylic acids is 2. The molecule has 3 fully saturated rings. The van der Waals surface area contributed by atoms with Crippen molar-refractivity contribution in [3.63, 3.8) is 0 Å². The van der Waals surface area contributed by atoms with Crippen LogP contribution in [0.1, 0.15) is 108 Å². The second kappa shape index (κ2) is 8.50. The molecular weight excluding hydrogens is 382 g/mol. The fourth-order valence-corrected chi connectivity index (χ4v) is 6.61. The quantitative estimate of drug-likeness (QED) is 0.648. The van der Waals surface area contributed by atoms with Crippen LogP contribution < -0.4 is 0 Å². The number of carbonyl (C=O) groups is 3. The molecule has 0 spiro atoms. The van der Waals surface area contributed by atoms with Crippen molar-refractivity contribution in [2.24, 2.45) is 0 Å². The van der Waals surface area contributed by atoms with Crippen LogP contribution in [0.3, 0.4) is 0 Å². The number of benzene rings is 1. The maximum absolute atomic E-state index is 14.4. The van der Waals surface area contributed by atoms with Gasteiger partial charge in [0.2, 0.25) is 0 Å². The summed E-state index contributed by atoms with van der Waals surface area (Å²) in [7, 11) is 0. The van der Waals surface area contributed by atoms with Crippen molar-refractivity contribution in [2.45, 2.75) is 95.2 Å². The highest BCUT2D eigenvalue weighted by atomic mass is 16.4. The first-order chi connectivity index (χ1) is 14.4. The Morgan fingerprint density at radius 3 is 1.20 bits per heavy atom. The van der Waals surface area contributed by atoms with Gasteiger partial charge in [-0.25, -0.2) is 18.9 Å². The number of rotatable bonds is 6. The van der Waals surface area contributed by atoms with E-state index in [-0.39, 0.29) is 40.7 Å². The molecule has 0 bridgehead atoms. The summed E-state index contributed by atoms with van der Waals surface area (Å²) in [6, 6.07) is 4.77. The Kier molecular flexibility index (Phi) is 5.96. The van der Waals surface area contributed by atoms with Crippen LogP contribution in [0, 0.1) is 0 Å². The third-order valence-corrected chi connectivity index (χ3v) is 7.81. The molecular formula is C24H32NO5+. The smallest absolute Gasteiger partial charge is 0.346 e. The number of quaternary nitrogens is 1. The molecule has 2 N–H and O–H groups in total. The van der Waals surface area contributed by atoms with Crippen molar-refractivity contribution < 1.29 is 29.1 Å². The summed E-state index contributed by atoms with van der Waals surface area (Å²) in [5.74, 6) is -2.44. The highest BCUT2D eigenvalue weighted by Gasteiger charge is 2.56. The molecule has 6 heteroatoms. The average Bonchev–Trinajstić information content (AvgIpc) is 3.51. The van der Waals surface area contributed by atoms with Crippen LogP contribution >= 0.6 is 0 Å². The number of hydrogen-bond donors (Lipinski definition) is 2. The summed E-state index contributed by atoms with van der Waals surface area (Å²) in [6.07, 6.45) is 13.0. The van der Waals surface area contributed by atoms with Gasteiger partial charge in [-0.05, 0) is 95.2 Å². The molecule has 162 valence electrons. The van der Waals surface area contributed by atoms with E-state index in [9.17, 15) is 24.6 Å². The molecule has 1 aromatic carbocycles. The van der Waals surface area contributed by atoms with Gasteiger partial charge in [0.05, 0.1) is 34.8 Å². The van der Waals surface area contributed by atoms with E-state index in [1.54, 1.807) is 0 Å². The monoisotopic (exact) mass is 414 g/mol. The fraction of sp³-hybridized carbons (Fsp3) is 0.625. The Balaban J connectivity index is 1.87. The molecule has 0 aliphatic heterocycles. The van der Waals surface area contributed by atoms with Gasteiger partial charge in [-0.2, -0.15) is 0 Å². The molecule has 0 aromatic heterocycles. The van der Waals surface area contributed by atoms with E-state index < -0.39 is 11.9 Å². The van der Waals surface area contributed by atoms with Gasteiger partial charge in [0.1, 0.15) is 0 Å². The molecule has 3 aliphatic rings. The summed E-state index contributed by atoms with van der Waals surface area (Å²) >= 11 is 0. The highest BCUT2D eigenvalue weighted by molar-refractivity contribution is 5.99. The first kappa shape index (κ1) is 21.0. The van der Waals surface area contributed by atoms with Gasteiger partial charge in [-0.15, -0.1) is 0 Å². The van der Waals surface area contributed by atoms with E-state index >= 15 is 0 Å². The van der Waals surface area contributed by atoms with Gasteiger partial charge in [0.25, 0.3) is 0 Å². The van der Waals surface area contributed by atoms with Crippen LogP contribution in [0.2, 0.25) is 0 Å². The highest BCUT2D eigenvalue weighted by Crippen LogP contribution is 2.46. The zero-order valence-corrected chi connectivity index (χ0v) is 17.5. The Labute approximate surface area is 177 Å². The molecule has 4 rings (SSSR count). The lowest BCUT2D eigenvalue weighted by Crippen LogP contribution is -2.68. The number of hydrogen-bond acceptors (Lipinski definition) is 3. The van der Waals surface area contributed by atoms with Crippen LogP contribution in [0.5, 0.6) is 0 Å². The summed E-state index contributed by atoms with van der Waals surface area (Å²) in [6.45, 7) is 0. The normalized spacial score (nSPS) is 21.3. The molecule has 3 saturated carbocycles. The molecule has 6 nitrogen and oxygen atoms in total. The molecule has 1 aromatic rings. The zero-order valence-electron chi connectivity index (χ0n) is 17.5. The van der Waals surface area contributed by atoms with Gasteiger partial charge in [-0.1, -0.05) is 0 Å². The molecule has 1 amide bonds. The molecule has 0 heterocycles. The Hall–Kier alpha value is -2.21. The predicted octanol–water partition coefficient (Wildman–Crippen LogP) is 4.87. The third-order valence-electron chi connectivity index (χ3n) is 7.81. The topological polar surface area (TPSA) is 91.7 Å². The van der Waals surface area contributed by atoms with E-state index in [0.717, 1.165) is 83.1 Å².